The van der Waals surface area contributed by atoms with Crippen molar-refractivity contribution in [2.24, 2.45) is 5.92 Å². The summed E-state index contributed by atoms with van der Waals surface area (Å²) in [5.41, 5.74) is 1.62. The van der Waals surface area contributed by atoms with Gasteiger partial charge in [-0.25, -0.2) is 8.42 Å². The quantitative estimate of drug-likeness (QED) is 0.647. The van der Waals surface area contributed by atoms with E-state index >= 15 is 0 Å². The molecular weight excluding hydrogens is 458 g/mol. The summed E-state index contributed by atoms with van der Waals surface area (Å²) < 4.78 is 35.5. The van der Waals surface area contributed by atoms with Crippen LogP contribution in [0.5, 0.6) is 0 Å². The topological polar surface area (TPSA) is 118 Å². The molecule has 0 unspecified atom stereocenters. The minimum Gasteiger partial charge on any atom is -0.394 e. The van der Waals surface area contributed by atoms with Crippen molar-refractivity contribution < 1.29 is 23.1 Å². The molecule has 1 aromatic carbocycles. The van der Waals surface area contributed by atoms with Crippen LogP contribution in [-0.2, 0) is 32.7 Å². The van der Waals surface area contributed by atoms with Gasteiger partial charge in [-0.1, -0.05) is 29.8 Å². The first-order valence-corrected chi connectivity index (χ1v) is 13.0. The summed E-state index contributed by atoms with van der Waals surface area (Å²) in [7, 11) is -2.19. The minimum atomic E-state index is -3.72. The van der Waals surface area contributed by atoms with E-state index in [1.54, 1.807) is 47.0 Å². The number of rotatable bonds is 6. The molecular formula is C23H35N5O5S. The lowest BCUT2D eigenvalue weighted by Gasteiger charge is -2.35. The number of ether oxygens (including phenoxy) is 1. The molecule has 11 heteroatoms. The van der Waals surface area contributed by atoms with Crippen molar-refractivity contribution >= 4 is 15.9 Å². The van der Waals surface area contributed by atoms with E-state index in [1.807, 2.05) is 13.8 Å². The average Bonchev–Trinajstić information content (AvgIpc) is 3.26. The first-order chi connectivity index (χ1) is 16.1. The molecule has 2 bridgehead atoms. The summed E-state index contributed by atoms with van der Waals surface area (Å²) in [6, 6.07) is 6.37. The predicted molar refractivity (Wildman–Crippen MR) is 126 cm³/mol. The maximum atomic E-state index is 13.2. The molecule has 1 aromatic heterocycles. The average molecular weight is 494 g/mol. The molecule has 0 fully saturated rings. The molecule has 1 aliphatic heterocycles. The van der Waals surface area contributed by atoms with Gasteiger partial charge in [-0.05, 0) is 32.4 Å². The molecule has 1 amide bonds. The van der Waals surface area contributed by atoms with Crippen molar-refractivity contribution in [2.75, 3.05) is 26.7 Å². The van der Waals surface area contributed by atoms with Crippen molar-refractivity contribution in [2.45, 2.75) is 63.8 Å². The molecule has 34 heavy (non-hydrogen) atoms. The number of aromatic nitrogens is 3. The van der Waals surface area contributed by atoms with Crippen molar-refractivity contribution in [3.63, 3.8) is 0 Å². The van der Waals surface area contributed by atoms with Crippen LogP contribution in [0.2, 0.25) is 0 Å². The van der Waals surface area contributed by atoms with Gasteiger partial charge in [0, 0.05) is 39.0 Å². The van der Waals surface area contributed by atoms with Crippen LogP contribution in [0.4, 0.5) is 0 Å². The molecule has 0 spiro atoms. The van der Waals surface area contributed by atoms with Gasteiger partial charge in [0.2, 0.25) is 15.9 Å². The number of amides is 1. The Morgan fingerprint density at radius 1 is 1.29 bits per heavy atom. The molecule has 0 aliphatic carbocycles. The number of sulfonamides is 1. The van der Waals surface area contributed by atoms with Crippen LogP contribution in [-0.4, -0.2) is 82.5 Å². The number of fused-ring (bicyclic) bond motifs is 2. The summed E-state index contributed by atoms with van der Waals surface area (Å²) in [6.07, 6.45) is 2.19. The number of nitrogens with zero attached hydrogens (tertiary/aromatic N) is 5. The molecule has 3 atom stereocenters. The van der Waals surface area contributed by atoms with Crippen LogP contribution in [0.15, 0.2) is 35.4 Å². The van der Waals surface area contributed by atoms with Gasteiger partial charge in [0.05, 0.1) is 36.5 Å². The summed E-state index contributed by atoms with van der Waals surface area (Å²) in [4.78, 5) is 14.8. The molecule has 10 nitrogen and oxygen atoms in total. The van der Waals surface area contributed by atoms with Crippen LogP contribution >= 0.6 is 0 Å². The van der Waals surface area contributed by atoms with Crippen molar-refractivity contribution in [3.05, 3.63) is 41.7 Å². The third-order valence-electron chi connectivity index (χ3n) is 6.21. The highest BCUT2D eigenvalue weighted by molar-refractivity contribution is 7.89. The molecule has 3 rings (SSSR count). The molecule has 2 aromatic rings. The van der Waals surface area contributed by atoms with Gasteiger partial charge in [0.15, 0.2) is 0 Å². The maximum absolute atomic E-state index is 13.2. The summed E-state index contributed by atoms with van der Waals surface area (Å²) in [5.74, 6) is -0.267. The predicted octanol–water partition coefficient (Wildman–Crippen LogP) is 1.43. The fraction of sp³-hybridized carbons (Fsp3) is 0.609. The van der Waals surface area contributed by atoms with Gasteiger partial charge in [0.25, 0.3) is 0 Å². The zero-order valence-corrected chi connectivity index (χ0v) is 21.1. The lowest BCUT2D eigenvalue weighted by atomic mass is 10.0. The van der Waals surface area contributed by atoms with Crippen molar-refractivity contribution in [3.8, 4) is 0 Å². The van der Waals surface area contributed by atoms with Gasteiger partial charge in [-0.2, -0.15) is 4.31 Å². The highest BCUT2D eigenvalue weighted by Crippen LogP contribution is 2.21. The van der Waals surface area contributed by atoms with Gasteiger partial charge in [0.1, 0.15) is 5.69 Å². The fourth-order valence-electron chi connectivity index (χ4n) is 3.93. The van der Waals surface area contributed by atoms with Gasteiger partial charge < -0.3 is 14.7 Å². The standard InChI is InChI=1S/C23H35N5O5S/c1-17-7-9-21(10-8-17)34(31,32)26(4)14-22-18(2)12-28(19(3)15-29)23(30)6-5-11-27-13-20(16-33-22)24-25-27/h7-10,13,18-19,22,29H,5-6,11-12,14-16H2,1-4H3/t18-,19-,22+/m0/s1. The number of aliphatic hydroxyl groups excluding tert-OH is 1. The number of carbonyl (C=O) groups is 1. The zero-order valence-electron chi connectivity index (χ0n) is 20.3. The van der Waals surface area contributed by atoms with Gasteiger partial charge >= 0.3 is 0 Å². The molecule has 2 heterocycles. The third kappa shape index (κ3) is 6.41. The molecule has 1 aliphatic rings. The Hall–Kier alpha value is -2.34. The second-order valence-electron chi connectivity index (χ2n) is 9.08. The largest absolute Gasteiger partial charge is 0.394 e. The van der Waals surface area contributed by atoms with E-state index in [0.717, 1.165) is 5.56 Å². The number of hydrogen-bond acceptors (Lipinski definition) is 7. The van der Waals surface area contributed by atoms with E-state index in [1.165, 1.54) is 11.4 Å². The Balaban J connectivity index is 1.85. The van der Waals surface area contributed by atoms with Crippen molar-refractivity contribution in [1.29, 1.82) is 0 Å². The number of benzene rings is 1. The Labute approximate surface area is 201 Å². The van der Waals surface area contributed by atoms with Crippen LogP contribution in [0.25, 0.3) is 0 Å². The van der Waals surface area contributed by atoms with Crippen LogP contribution in [0, 0.1) is 12.8 Å². The molecule has 0 radical (unpaired) electrons. The minimum absolute atomic E-state index is 0.0626. The lowest BCUT2D eigenvalue weighted by molar-refractivity contribution is -0.136. The number of carbonyl (C=O) groups excluding carboxylic acids is 1. The van der Waals surface area contributed by atoms with Crippen molar-refractivity contribution in [1.82, 2.24) is 24.2 Å². The molecule has 0 saturated carbocycles. The smallest absolute Gasteiger partial charge is 0.242 e. The van der Waals surface area contributed by atoms with Gasteiger partial charge in [-0.3, -0.25) is 9.48 Å². The SMILES string of the molecule is Cc1ccc(S(=O)(=O)N(C)C[C@H]2OCc3cn(nn3)CCCC(=O)N([C@@H](C)CO)C[C@@H]2C)cc1. The van der Waals surface area contributed by atoms with Crippen LogP contribution < -0.4 is 0 Å². The summed E-state index contributed by atoms with van der Waals surface area (Å²) >= 11 is 0. The Morgan fingerprint density at radius 3 is 2.68 bits per heavy atom. The summed E-state index contributed by atoms with van der Waals surface area (Å²) in [6.45, 7) is 6.65. The van der Waals surface area contributed by atoms with Crippen LogP contribution in [0.3, 0.4) is 0 Å². The normalized spacial score (nSPS) is 21.6. The van der Waals surface area contributed by atoms with E-state index < -0.39 is 16.1 Å². The summed E-state index contributed by atoms with van der Waals surface area (Å²) in [5, 5.41) is 17.9. The Kier molecular flexibility index (Phi) is 8.80. The second-order valence-corrected chi connectivity index (χ2v) is 11.1. The Bertz CT molecular complexity index is 1060. The fourth-order valence-corrected chi connectivity index (χ4v) is 5.12. The highest BCUT2D eigenvalue weighted by Gasteiger charge is 2.31. The third-order valence-corrected chi connectivity index (χ3v) is 8.05. The number of likely N-dealkylation sites (N-methyl/N-ethyl adjacent to an activating group) is 1. The number of hydrogen-bond donors (Lipinski definition) is 1. The van der Waals surface area contributed by atoms with Crippen LogP contribution in [0.1, 0.15) is 37.9 Å². The van der Waals surface area contributed by atoms with E-state index in [2.05, 4.69) is 10.3 Å². The first-order valence-electron chi connectivity index (χ1n) is 11.6. The molecule has 188 valence electrons. The van der Waals surface area contributed by atoms with E-state index in [9.17, 15) is 18.3 Å². The number of aliphatic hydroxyl groups is 1. The van der Waals surface area contributed by atoms with E-state index in [4.69, 9.17) is 4.74 Å². The molecule has 0 saturated heterocycles. The second kappa shape index (κ2) is 11.4. The van der Waals surface area contributed by atoms with Gasteiger partial charge in [-0.15, -0.1) is 5.10 Å². The van der Waals surface area contributed by atoms with E-state index in [-0.39, 0.29) is 42.5 Å². The monoisotopic (exact) mass is 493 g/mol. The first kappa shape index (κ1) is 26.3. The lowest BCUT2D eigenvalue weighted by Crippen LogP contribution is -2.47. The molecule has 1 N–H and O–H groups in total. The highest BCUT2D eigenvalue weighted by atomic mass is 32.2. The Morgan fingerprint density at radius 2 is 2.00 bits per heavy atom. The number of aryl methyl sites for hydroxylation is 2. The zero-order chi connectivity index (χ0) is 24.9. The van der Waals surface area contributed by atoms with E-state index in [0.29, 0.717) is 31.6 Å². The maximum Gasteiger partial charge on any atom is 0.242 e.